The van der Waals surface area contributed by atoms with Gasteiger partial charge in [-0.05, 0) is 42.7 Å². The van der Waals surface area contributed by atoms with Crippen LogP contribution in [0, 0.1) is 6.92 Å². The van der Waals surface area contributed by atoms with Gasteiger partial charge in [0.25, 0.3) is 0 Å². The first-order valence-electron chi connectivity index (χ1n) is 10.3. The Morgan fingerprint density at radius 3 is 2.47 bits per heavy atom. The molecule has 2 aromatic heterocycles. The van der Waals surface area contributed by atoms with Crippen LogP contribution in [-0.2, 0) is 6.42 Å². The molecule has 8 nitrogen and oxygen atoms in total. The number of aryl methyl sites for hydroxylation is 1. The predicted molar refractivity (Wildman–Crippen MR) is 117 cm³/mol. The zero-order valence-electron chi connectivity index (χ0n) is 17.2. The third-order valence-electron chi connectivity index (χ3n) is 5.15. The molecule has 0 radical (unpaired) electrons. The molecule has 1 saturated heterocycles. The minimum absolute atomic E-state index is 0.194. The highest BCUT2D eigenvalue weighted by Gasteiger charge is 2.19. The van der Waals surface area contributed by atoms with Crippen molar-refractivity contribution in [3.8, 4) is 0 Å². The van der Waals surface area contributed by atoms with E-state index < -0.39 is 0 Å². The number of nitrogens with zero attached hydrogens (tertiary/aromatic N) is 6. The molecule has 1 fully saturated rings. The Morgan fingerprint density at radius 2 is 1.77 bits per heavy atom. The summed E-state index contributed by atoms with van der Waals surface area (Å²) in [5.74, 6) is 1.94. The summed E-state index contributed by atoms with van der Waals surface area (Å²) in [6.45, 7) is 6.26. The molecule has 0 spiro atoms. The highest BCUT2D eigenvalue weighted by molar-refractivity contribution is 5.55. The predicted octanol–water partition coefficient (Wildman–Crippen LogP) is 2.02. The quantitative estimate of drug-likeness (QED) is 0.617. The Labute approximate surface area is 176 Å². The highest BCUT2D eigenvalue weighted by atomic mass is 16.3. The second-order valence-corrected chi connectivity index (χ2v) is 7.42. The highest BCUT2D eigenvalue weighted by Crippen LogP contribution is 2.19. The summed E-state index contributed by atoms with van der Waals surface area (Å²) in [5.41, 5.74) is 3.35. The van der Waals surface area contributed by atoms with Gasteiger partial charge in [0, 0.05) is 50.8 Å². The van der Waals surface area contributed by atoms with Crippen molar-refractivity contribution in [2.24, 2.45) is 0 Å². The molecule has 0 aliphatic carbocycles. The molecule has 3 heterocycles. The maximum absolute atomic E-state index is 9.11. The molecule has 8 heteroatoms. The SMILES string of the molecule is Cc1nc(Nc2ccc(Cc3cccnc3)cc2)nc(N2CCN(CCO)CC2)n1. The summed E-state index contributed by atoms with van der Waals surface area (Å²) in [6, 6.07) is 12.3. The molecule has 0 amide bonds. The van der Waals surface area contributed by atoms with Crippen LogP contribution in [0.2, 0.25) is 0 Å². The third-order valence-corrected chi connectivity index (χ3v) is 5.15. The summed E-state index contributed by atoms with van der Waals surface area (Å²) < 4.78 is 0. The summed E-state index contributed by atoms with van der Waals surface area (Å²) >= 11 is 0. The van der Waals surface area contributed by atoms with E-state index in [4.69, 9.17) is 5.11 Å². The number of nitrogens with one attached hydrogen (secondary N) is 1. The molecule has 30 heavy (non-hydrogen) atoms. The average molecular weight is 406 g/mol. The van der Waals surface area contributed by atoms with E-state index in [2.05, 4.69) is 53.3 Å². The van der Waals surface area contributed by atoms with Crippen molar-refractivity contribution in [2.75, 3.05) is 49.5 Å². The van der Waals surface area contributed by atoms with Gasteiger partial charge in [0.15, 0.2) is 0 Å². The number of benzene rings is 1. The van der Waals surface area contributed by atoms with Gasteiger partial charge in [-0.3, -0.25) is 9.88 Å². The molecule has 156 valence electrons. The number of β-amino-alcohol motifs (C(OH)–C–C–N with tert-alkyl or cyclic N) is 1. The van der Waals surface area contributed by atoms with Gasteiger partial charge >= 0.3 is 0 Å². The Morgan fingerprint density at radius 1 is 0.967 bits per heavy atom. The molecule has 1 aliphatic heterocycles. The van der Waals surface area contributed by atoms with Crippen LogP contribution in [0.25, 0.3) is 0 Å². The van der Waals surface area contributed by atoms with Gasteiger partial charge in [-0.2, -0.15) is 15.0 Å². The second-order valence-electron chi connectivity index (χ2n) is 7.42. The van der Waals surface area contributed by atoms with Crippen molar-refractivity contribution in [1.29, 1.82) is 0 Å². The lowest BCUT2D eigenvalue weighted by Gasteiger charge is -2.34. The first-order chi connectivity index (χ1) is 14.7. The lowest BCUT2D eigenvalue weighted by molar-refractivity contribution is 0.188. The van der Waals surface area contributed by atoms with Gasteiger partial charge in [0.1, 0.15) is 5.82 Å². The van der Waals surface area contributed by atoms with E-state index in [0.717, 1.165) is 38.3 Å². The van der Waals surface area contributed by atoms with Crippen LogP contribution in [0.1, 0.15) is 17.0 Å². The summed E-state index contributed by atoms with van der Waals surface area (Å²) in [5, 5.41) is 12.4. The fraction of sp³-hybridized carbons (Fsp3) is 0.364. The smallest absolute Gasteiger partial charge is 0.232 e. The van der Waals surface area contributed by atoms with Crippen molar-refractivity contribution >= 4 is 17.6 Å². The van der Waals surface area contributed by atoms with Gasteiger partial charge in [-0.15, -0.1) is 0 Å². The Hall–Kier alpha value is -3.10. The van der Waals surface area contributed by atoms with Crippen LogP contribution in [-0.4, -0.2) is 69.3 Å². The van der Waals surface area contributed by atoms with Crippen LogP contribution in [0.15, 0.2) is 48.8 Å². The Balaban J connectivity index is 1.41. The summed E-state index contributed by atoms with van der Waals surface area (Å²) in [4.78, 5) is 22.2. The second kappa shape index (κ2) is 9.60. The number of anilines is 3. The number of rotatable bonds is 7. The fourth-order valence-electron chi connectivity index (χ4n) is 3.55. The molecule has 0 atom stereocenters. The van der Waals surface area contributed by atoms with E-state index in [9.17, 15) is 0 Å². The minimum Gasteiger partial charge on any atom is -0.395 e. The normalized spacial score (nSPS) is 14.7. The molecule has 2 N–H and O–H groups in total. The molecule has 1 aliphatic rings. The van der Waals surface area contributed by atoms with Crippen molar-refractivity contribution in [3.63, 3.8) is 0 Å². The number of piperazine rings is 1. The number of pyridine rings is 1. The van der Waals surface area contributed by atoms with Crippen LogP contribution >= 0.6 is 0 Å². The maximum atomic E-state index is 9.11. The molecule has 0 bridgehead atoms. The van der Waals surface area contributed by atoms with E-state index in [1.54, 1.807) is 6.20 Å². The first kappa shape index (κ1) is 20.2. The van der Waals surface area contributed by atoms with E-state index in [-0.39, 0.29) is 6.61 Å². The zero-order valence-corrected chi connectivity index (χ0v) is 17.2. The van der Waals surface area contributed by atoms with Gasteiger partial charge in [0.2, 0.25) is 11.9 Å². The van der Waals surface area contributed by atoms with E-state index in [0.29, 0.717) is 24.3 Å². The van der Waals surface area contributed by atoms with Gasteiger partial charge in [-0.1, -0.05) is 18.2 Å². The minimum atomic E-state index is 0.194. The summed E-state index contributed by atoms with van der Waals surface area (Å²) in [7, 11) is 0. The first-order valence-corrected chi connectivity index (χ1v) is 10.3. The number of hydrogen-bond acceptors (Lipinski definition) is 8. The van der Waals surface area contributed by atoms with E-state index >= 15 is 0 Å². The monoisotopic (exact) mass is 405 g/mol. The fourth-order valence-corrected chi connectivity index (χ4v) is 3.55. The maximum Gasteiger partial charge on any atom is 0.232 e. The standard InChI is InChI=1S/C22H27N7O/c1-17-24-21(27-22(25-17)29-11-9-28(10-12-29)13-14-30)26-20-6-4-18(5-7-20)15-19-3-2-8-23-16-19/h2-8,16,30H,9-15H2,1H3,(H,24,25,26,27). The molecule has 0 saturated carbocycles. The lowest BCUT2D eigenvalue weighted by Crippen LogP contribution is -2.47. The number of hydrogen-bond donors (Lipinski definition) is 2. The zero-order chi connectivity index (χ0) is 20.8. The van der Waals surface area contributed by atoms with E-state index in [1.165, 1.54) is 11.1 Å². The third kappa shape index (κ3) is 5.28. The Bertz CT molecular complexity index is 941. The van der Waals surface area contributed by atoms with E-state index in [1.807, 2.05) is 31.3 Å². The van der Waals surface area contributed by atoms with Gasteiger partial charge in [-0.25, -0.2) is 0 Å². The molecule has 3 aromatic rings. The van der Waals surface area contributed by atoms with Crippen LogP contribution in [0.5, 0.6) is 0 Å². The van der Waals surface area contributed by atoms with Crippen molar-refractivity contribution in [1.82, 2.24) is 24.8 Å². The topological polar surface area (TPSA) is 90.3 Å². The van der Waals surface area contributed by atoms with Crippen LogP contribution in [0.4, 0.5) is 17.6 Å². The molecule has 1 aromatic carbocycles. The number of aliphatic hydroxyl groups excluding tert-OH is 1. The van der Waals surface area contributed by atoms with Crippen molar-refractivity contribution in [3.05, 3.63) is 65.7 Å². The van der Waals surface area contributed by atoms with Crippen molar-refractivity contribution in [2.45, 2.75) is 13.3 Å². The average Bonchev–Trinajstić information content (AvgIpc) is 2.76. The number of aromatic nitrogens is 4. The lowest BCUT2D eigenvalue weighted by atomic mass is 10.1. The Kier molecular flexibility index (Phi) is 6.46. The number of aliphatic hydroxyl groups is 1. The molecular weight excluding hydrogens is 378 g/mol. The van der Waals surface area contributed by atoms with Crippen LogP contribution in [0.3, 0.4) is 0 Å². The summed E-state index contributed by atoms with van der Waals surface area (Å²) in [6.07, 6.45) is 4.53. The van der Waals surface area contributed by atoms with Gasteiger partial charge < -0.3 is 15.3 Å². The molecule has 4 rings (SSSR count). The largest absolute Gasteiger partial charge is 0.395 e. The molecular formula is C22H27N7O. The van der Waals surface area contributed by atoms with Gasteiger partial charge in [0.05, 0.1) is 6.61 Å². The van der Waals surface area contributed by atoms with Crippen LogP contribution < -0.4 is 10.2 Å². The van der Waals surface area contributed by atoms with Crippen molar-refractivity contribution < 1.29 is 5.11 Å². The molecule has 0 unspecified atom stereocenters.